The molecule has 0 aromatic heterocycles. The van der Waals surface area contributed by atoms with Gasteiger partial charge in [0.1, 0.15) is 11.6 Å². The smallest absolute Gasteiger partial charge is 0.316 e. The van der Waals surface area contributed by atoms with Gasteiger partial charge < -0.3 is 9.84 Å². The number of carbonyl (C=O) groups is 1. The topological polar surface area (TPSA) is 46.5 Å². The standard InChI is InChI=1S/C11H13FO3S/c1-7(11(13)14)16-6-8-3-4-9(15-2)5-10(8)12/h3-5,7H,6H2,1-2H3,(H,13,14). The van der Waals surface area contributed by atoms with Crippen LogP contribution in [0.4, 0.5) is 4.39 Å². The third kappa shape index (κ3) is 3.41. The molecule has 0 bridgehead atoms. The Morgan fingerprint density at radius 1 is 1.62 bits per heavy atom. The maximum atomic E-state index is 13.4. The molecule has 1 rings (SSSR count). The lowest BCUT2D eigenvalue weighted by molar-refractivity contribution is -0.136. The van der Waals surface area contributed by atoms with E-state index in [0.717, 1.165) is 0 Å². The SMILES string of the molecule is COc1ccc(CSC(C)C(=O)O)c(F)c1. The summed E-state index contributed by atoms with van der Waals surface area (Å²) in [6.07, 6.45) is 0. The fraction of sp³-hybridized carbons (Fsp3) is 0.364. The van der Waals surface area contributed by atoms with Crippen LogP contribution < -0.4 is 4.74 Å². The van der Waals surface area contributed by atoms with Gasteiger partial charge in [0, 0.05) is 11.8 Å². The monoisotopic (exact) mass is 244 g/mol. The second-order valence-electron chi connectivity index (χ2n) is 3.25. The minimum atomic E-state index is -0.890. The Kier molecular flexibility index (Phi) is 4.61. The van der Waals surface area contributed by atoms with Crippen LogP contribution in [0.15, 0.2) is 18.2 Å². The lowest BCUT2D eigenvalue weighted by Gasteiger charge is -2.08. The van der Waals surface area contributed by atoms with E-state index < -0.39 is 11.2 Å². The highest BCUT2D eigenvalue weighted by molar-refractivity contribution is 7.99. The van der Waals surface area contributed by atoms with Gasteiger partial charge in [-0.3, -0.25) is 4.79 Å². The normalized spacial score (nSPS) is 12.2. The zero-order chi connectivity index (χ0) is 12.1. The Labute approximate surface area is 97.6 Å². The number of hydrogen-bond donors (Lipinski definition) is 1. The summed E-state index contributed by atoms with van der Waals surface area (Å²) < 4.78 is 18.3. The van der Waals surface area contributed by atoms with Crippen LogP contribution in [0.25, 0.3) is 0 Å². The number of benzene rings is 1. The number of hydrogen-bond acceptors (Lipinski definition) is 3. The summed E-state index contributed by atoms with van der Waals surface area (Å²) in [5.74, 6) is -0.468. The van der Waals surface area contributed by atoms with E-state index in [1.807, 2.05) is 0 Å². The zero-order valence-electron chi connectivity index (χ0n) is 9.07. The maximum absolute atomic E-state index is 13.4. The number of aliphatic carboxylic acids is 1. The van der Waals surface area contributed by atoms with Crippen molar-refractivity contribution in [3.63, 3.8) is 0 Å². The van der Waals surface area contributed by atoms with Crippen molar-refractivity contribution >= 4 is 17.7 Å². The molecule has 0 aliphatic heterocycles. The molecule has 1 aromatic rings. The van der Waals surface area contributed by atoms with Crippen molar-refractivity contribution in [2.45, 2.75) is 17.9 Å². The van der Waals surface area contributed by atoms with Gasteiger partial charge in [-0.15, -0.1) is 11.8 Å². The summed E-state index contributed by atoms with van der Waals surface area (Å²) in [7, 11) is 1.47. The highest BCUT2D eigenvalue weighted by Gasteiger charge is 2.12. The highest BCUT2D eigenvalue weighted by Crippen LogP contribution is 2.22. The van der Waals surface area contributed by atoms with E-state index in [1.165, 1.54) is 24.9 Å². The molecule has 16 heavy (non-hydrogen) atoms. The van der Waals surface area contributed by atoms with E-state index in [9.17, 15) is 9.18 Å². The summed E-state index contributed by atoms with van der Waals surface area (Å²) in [5, 5.41) is 8.14. The number of ether oxygens (including phenoxy) is 1. The first-order valence-corrected chi connectivity index (χ1v) is 5.76. The van der Waals surface area contributed by atoms with Crippen LogP contribution >= 0.6 is 11.8 Å². The van der Waals surface area contributed by atoms with Crippen LogP contribution in [0, 0.1) is 5.82 Å². The Morgan fingerprint density at radius 2 is 2.31 bits per heavy atom. The van der Waals surface area contributed by atoms with Gasteiger partial charge in [-0.1, -0.05) is 6.07 Å². The number of carboxylic acids is 1. The Bertz CT molecular complexity index is 381. The van der Waals surface area contributed by atoms with Gasteiger partial charge in [0.25, 0.3) is 0 Å². The van der Waals surface area contributed by atoms with Crippen molar-refractivity contribution in [1.82, 2.24) is 0 Å². The lowest BCUT2D eigenvalue weighted by Crippen LogP contribution is -2.11. The van der Waals surface area contributed by atoms with Gasteiger partial charge in [0.05, 0.1) is 12.4 Å². The van der Waals surface area contributed by atoms with Gasteiger partial charge in [-0.05, 0) is 18.6 Å². The molecule has 0 spiro atoms. The van der Waals surface area contributed by atoms with Crippen LogP contribution in [-0.2, 0) is 10.5 Å². The van der Waals surface area contributed by atoms with Gasteiger partial charge in [-0.25, -0.2) is 4.39 Å². The molecule has 88 valence electrons. The molecule has 0 amide bonds. The predicted molar refractivity (Wildman–Crippen MR) is 61.3 cm³/mol. The van der Waals surface area contributed by atoms with E-state index >= 15 is 0 Å². The van der Waals surface area contributed by atoms with Crippen molar-refractivity contribution in [3.8, 4) is 5.75 Å². The highest BCUT2D eigenvalue weighted by atomic mass is 32.2. The second kappa shape index (κ2) is 5.75. The molecule has 3 nitrogen and oxygen atoms in total. The van der Waals surface area contributed by atoms with Gasteiger partial charge in [-0.2, -0.15) is 0 Å². The van der Waals surface area contributed by atoms with Crippen LogP contribution in [0.5, 0.6) is 5.75 Å². The largest absolute Gasteiger partial charge is 0.497 e. The summed E-state index contributed by atoms with van der Waals surface area (Å²) in [4.78, 5) is 10.6. The van der Waals surface area contributed by atoms with Crippen LogP contribution in [0.3, 0.4) is 0 Å². The van der Waals surface area contributed by atoms with Crippen molar-refractivity contribution in [1.29, 1.82) is 0 Å². The molecule has 1 unspecified atom stereocenters. The molecule has 1 aromatic carbocycles. The van der Waals surface area contributed by atoms with Gasteiger partial charge in [0.15, 0.2) is 0 Å². The van der Waals surface area contributed by atoms with E-state index in [-0.39, 0.29) is 5.82 Å². The molecule has 0 saturated carbocycles. The molecule has 0 aliphatic carbocycles. The summed E-state index contributed by atoms with van der Waals surface area (Å²) in [6.45, 7) is 1.58. The number of methoxy groups -OCH3 is 1. The fourth-order valence-corrected chi connectivity index (χ4v) is 1.86. The minimum absolute atomic E-state index is 0.337. The quantitative estimate of drug-likeness (QED) is 0.864. The van der Waals surface area contributed by atoms with Crippen molar-refractivity contribution < 1.29 is 19.0 Å². The van der Waals surface area contributed by atoms with Crippen molar-refractivity contribution in [3.05, 3.63) is 29.6 Å². The minimum Gasteiger partial charge on any atom is -0.497 e. The Balaban J connectivity index is 2.64. The average Bonchev–Trinajstić information content (AvgIpc) is 2.26. The molecule has 5 heteroatoms. The number of carboxylic acid groups (broad SMARTS) is 1. The van der Waals surface area contributed by atoms with Crippen LogP contribution in [-0.4, -0.2) is 23.4 Å². The van der Waals surface area contributed by atoms with Crippen LogP contribution in [0.2, 0.25) is 0 Å². The maximum Gasteiger partial charge on any atom is 0.316 e. The molecule has 0 aliphatic rings. The zero-order valence-corrected chi connectivity index (χ0v) is 9.88. The third-order valence-electron chi connectivity index (χ3n) is 2.10. The van der Waals surface area contributed by atoms with Gasteiger partial charge >= 0.3 is 5.97 Å². The average molecular weight is 244 g/mol. The van der Waals surface area contributed by atoms with E-state index in [4.69, 9.17) is 9.84 Å². The van der Waals surface area contributed by atoms with E-state index in [0.29, 0.717) is 17.1 Å². The molecule has 0 fully saturated rings. The van der Waals surface area contributed by atoms with Crippen molar-refractivity contribution in [2.24, 2.45) is 0 Å². The molecular weight excluding hydrogens is 231 g/mol. The Morgan fingerprint density at radius 3 is 2.81 bits per heavy atom. The number of thioether (sulfide) groups is 1. The van der Waals surface area contributed by atoms with E-state index in [1.54, 1.807) is 19.1 Å². The third-order valence-corrected chi connectivity index (χ3v) is 3.28. The molecular formula is C11H13FO3S. The summed E-state index contributed by atoms with van der Waals surface area (Å²) >= 11 is 1.18. The van der Waals surface area contributed by atoms with Crippen molar-refractivity contribution in [2.75, 3.05) is 7.11 Å². The second-order valence-corrected chi connectivity index (χ2v) is 4.58. The first-order valence-electron chi connectivity index (χ1n) is 4.71. The van der Waals surface area contributed by atoms with Gasteiger partial charge in [0.2, 0.25) is 0 Å². The first-order chi connectivity index (χ1) is 7.54. The van der Waals surface area contributed by atoms with Crippen LogP contribution in [0.1, 0.15) is 12.5 Å². The molecule has 0 heterocycles. The molecule has 1 N–H and O–H groups in total. The molecule has 1 atom stereocenters. The lowest BCUT2D eigenvalue weighted by atomic mass is 10.2. The molecule has 0 saturated heterocycles. The summed E-state index contributed by atoms with van der Waals surface area (Å²) in [6, 6.07) is 4.56. The molecule has 0 radical (unpaired) electrons. The Hall–Kier alpha value is -1.23. The fourth-order valence-electron chi connectivity index (χ4n) is 1.06. The first kappa shape index (κ1) is 12.8. The number of rotatable bonds is 5. The summed E-state index contributed by atoms with van der Waals surface area (Å²) in [5.41, 5.74) is 0.485. The van der Waals surface area contributed by atoms with E-state index in [2.05, 4.69) is 0 Å². The predicted octanol–water partition coefficient (Wildman–Crippen LogP) is 2.54. The number of halogens is 1.